The van der Waals surface area contributed by atoms with Crippen LogP contribution in [0.4, 0.5) is 9.18 Å². The van der Waals surface area contributed by atoms with Gasteiger partial charge in [-0.05, 0) is 35.4 Å². The Morgan fingerprint density at radius 3 is 2.44 bits per heavy atom. The number of hydrogen-bond acceptors (Lipinski definition) is 2. The molecule has 0 aromatic heterocycles. The van der Waals surface area contributed by atoms with Crippen LogP contribution in [0, 0.1) is 11.7 Å². The predicted octanol–water partition coefficient (Wildman–Crippen LogP) is 3.33. The molecule has 1 saturated heterocycles. The number of carbonyl (C=O) groups excluding carboxylic acids is 2. The highest BCUT2D eigenvalue weighted by Gasteiger charge is 2.29. The lowest BCUT2D eigenvalue weighted by Gasteiger charge is -2.17. The van der Waals surface area contributed by atoms with Crippen LogP contribution in [0.25, 0.3) is 0 Å². The summed E-state index contributed by atoms with van der Waals surface area (Å²) in [5.74, 6) is -0.176. The number of benzene rings is 2. The van der Waals surface area contributed by atoms with Crippen LogP contribution in [0.5, 0.6) is 0 Å². The van der Waals surface area contributed by atoms with E-state index >= 15 is 0 Å². The largest absolute Gasteiger partial charge is 0.338 e. The average Bonchev–Trinajstić information content (AvgIpc) is 3.01. The van der Waals surface area contributed by atoms with Crippen molar-refractivity contribution in [2.24, 2.45) is 5.92 Å². The number of nitrogens with zero attached hydrogens (tertiary/aromatic N) is 1. The van der Waals surface area contributed by atoms with Gasteiger partial charge in [-0.3, -0.25) is 4.79 Å². The van der Waals surface area contributed by atoms with Crippen LogP contribution in [0.2, 0.25) is 5.02 Å². The monoisotopic (exact) mass is 389 g/mol. The van der Waals surface area contributed by atoms with Gasteiger partial charge in [-0.1, -0.05) is 35.9 Å². The molecule has 3 amide bonds. The first-order chi connectivity index (χ1) is 13.0. The molecule has 2 N–H and O–H groups in total. The van der Waals surface area contributed by atoms with Crippen molar-refractivity contribution < 1.29 is 14.0 Å². The van der Waals surface area contributed by atoms with Crippen molar-refractivity contribution in [1.82, 2.24) is 15.5 Å². The van der Waals surface area contributed by atoms with E-state index in [0.717, 1.165) is 11.1 Å². The highest BCUT2D eigenvalue weighted by atomic mass is 35.5. The maximum atomic E-state index is 13.0. The van der Waals surface area contributed by atoms with Gasteiger partial charge in [-0.15, -0.1) is 0 Å². The molecule has 0 radical (unpaired) electrons. The number of carbonyl (C=O) groups is 2. The van der Waals surface area contributed by atoms with Gasteiger partial charge in [0.05, 0.1) is 0 Å². The molecule has 142 valence electrons. The second-order valence-electron chi connectivity index (χ2n) is 6.66. The molecular weight excluding hydrogens is 369 g/mol. The third-order valence-corrected chi connectivity index (χ3v) is 4.75. The average molecular weight is 390 g/mol. The lowest BCUT2D eigenvalue weighted by atomic mass is 10.1. The van der Waals surface area contributed by atoms with E-state index in [0.29, 0.717) is 37.6 Å². The zero-order valence-electron chi connectivity index (χ0n) is 14.8. The van der Waals surface area contributed by atoms with E-state index in [1.807, 2.05) is 12.1 Å². The fourth-order valence-electron chi connectivity index (χ4n) is 3.04. The number of hydrogen-bond donors (Lipinski definition) is 2. The Morgan fingerprint density at radius 1 is 1.07 bits per heavy atom. The molecule has 2 aromatic carbocycles. The second-order valence-corrected chi connectivity index (χ2v) is 7.10. The molecule has 0 saturated carbocycles. The lowest BCUT2D eigenvalue weighted by molar-refractivity contribution is -0.128. The Balaban J connectivity index is 1.40. The van der Waals surface area contributed by atoms with Gasteiger partial charge in [-0.2, -0.15) is 0 Å². The maximum Gasteiger partial charge on any atom is 0.315 e. The number of halogens is 2. The van der Waals surface area contributed by atoms with Crippen LogP contribution in [0.1, 0.15) is 17.5 Å². The Labute approximate surface area is 162 Å². The van der Waals surface area contributed by atoms with Crippen molar-refractivity contribution >= 4 is 23.5 Å². The zero-order valence-corrected chi connectivity index (χ0v) is 15.5. The molecule has 1 fully saturated rings. The van der Waals surface area contributed by atoms with Crippen molar-refractivity contribution in [3.63, 3.8) is 0 Å². The molecule has 0 bridgehead atoms. The van der Waals surface area contributed by atoms with E-state index in [4.69, 9.17) is 11.6 Å². The summed E-state index contributed by atoms with van der Waals surface area (Å²) in [5.41, 5.74) is 1.84. The van der Waals surface area contributed by atoms with Gasteiger partial charge in [0, 0.05) is 43.5 Å². The van der Waals surface area contributed by atoms with Crippen molar-refractivity contribution in [3.8, 4) is 0 Å². The second kappa shape index (κ2) is 8.86. The first kappa shape index (κ1) is 19.2. The third-order valence-electron chi connectivity index (χ3n) is 4.50. The number of nitrogens with one attached hydrogen (secondary N) is 2. The van der Waals surface area contributed by atoms with E-state index < -0.39 is 0 Å². The number of urea groups is 1. The zero-order chi connectivity index (χ0) is 19.2. The van der Waals surface area contributed by atoms with Gasteiger partial charge in [0.2, 0.25) is 5.91 Å². The van der Waals surface area contributed by atoms with Crippen LogP contribution < -0.4 is 10.6 Å². The summed E-state index contributed by atoms with van der Waals surface area (Å²) in [6.07, 6.45) is 0.401. The summed E-state index contributed by atoms with van der Waals surface area (Å²) < 4.78 is 13.0. The minimum Gasteiger partial charge on any atom is -0.338 e. The minimum absolute atomic E-state index is 0.0488. The third kappa shape index (κ3) is 5.69. The SMILES string of the molecule is O=C(NCc1ccc(Cl)cc1)NC[C@H]1CC(=O)N(Cc2ccc(F)cc2)C1. The molecular formula is C20H21ClFN3O2. The van der Waals surface area contributed by atoms with E-state index in [1.165, 1.54) is 12.1 Å². The van der Waals surface area contributed by atoms with Gasteiger partial charge in [0.15, 0.2) is 0 Å². The van der Waals surface area contributed by atoms with Crippen molar-refractivity contribution in [3.05, 3.63) is 70.5 Å². The topological polar surface area (TPSA) is 61.4 Å². The summed E-state index contributed by atoms with van der Waals surface area (Å²) >= 11 is 5.83. The van der Waals surface area contributed by atoms with Crippen molar-refractivity contribution in [2.45, 2.75) is 19.5 Å². The van der Waals surface area contributed by atoms with Gasteiger partial charge in [0.1, 0.15) is 5.82 Å². The predicted molar refractivity (Wildman–Crippen MR) is 102 cm³/mol. The fourth-order valence-corrected chi connectivity index (χ4v) is 3.16. The Morgan fingerprint density at radius 2 is 1.74 bits per heavy atom. The first-order valence-electron chi connectivity index (χ1n) is 8.78. The van der Waals surface area contributed by atoms with E-state index in [9.17, 15) is 14.0 Å². The normalized spacial score (nSPS) is 16.4. The highest BCUT2D eigenvalue weighted by molar-refractivity contribution is 6.30. The van der Waals surface area contributed by atoms with Gasteiger partial charge in [0.25, 0.3) is 0 Å². The van der Waals surface area contributed by atoms with Gasteiger partial charge < -0.3 is 15.5 Å². The van der Waals surface area contributed by atoms with Crippen LogP contribution in [0.15, 0.2) is 48.5 Å². The standard InChI is InChI=1S/C20H21ClFN3O2/c21-17-5-1-14(2-6-17)10-23-20(27)24-11-16-9-19(26)25(13-16)12-15-3-7-18(22)8-4-15/h1-8,16H,9-13H2,(H2,23,24,27)/t16-/m1/s1. The number of rotatable bonds is 6. The van der Waals surface area contributed by atoms with E-state index in [-0.39, 0.29) is 23.7 Å². The quantitative estimate of drug-likeness (QED) is 0.796. The number of amides is 3. The number of likely N-dealkylation sites (tertiary alicyclic amines) is 1. The molecule has 7 heteroatoms. The molecule has 0 unspecified atom stereocenters. The van der Waals surface area contributed by atoms with Crippen LogP contribution in [-0.4, -0.2) is 29.9 Å². The molecule has 1 atom stereocenters. The summed E-state index contributed by atoms with van der Waals surface area (Å²) in [7, 11) is 0. The maximum absolute atomic E-state index is 13.0. The van der Waals surface area contributed by atoms with Gasteiger partial charge >= 0.3 is 6.03 Å². The first-order valence-corrected chi connectivity index (χ1v) is 9.16. The van der Waals surface area contributed by atoms with Gasteiger partial charge in [-0.25, -0.2) is 9.18 Å². The van der Waals surface area contributed by atoms with Crippen molar-refractivity contribution in [2.75, 3.05) is 13.1 Å². The molecule has 0 spiro atoms. The summed E-state index contributed by atoms with van der Waals surface area (Å²) in [6.45, 7) is 1.87. The molecule has 1 aliphatic heterocycles. The molecule has 0 aliphatic carbocycles. The highest BCUT2D eigenvalue weighted by Crippen LogP contribution is 2.19. The molecule has 27 heavy (non-hydrogen) atoms. The molecule has 1 aliphatic rings. The summed E-state index contributed by atoms with van der Waals surface area (Å²) in [5, 5.41) is 6.25. The molecule has 1 heterocycles. The Bertz CT molecular complexity index is 796. The van der Waals surface area contributed by atoms with E-state index in [2.05, 4.69) is 10.6 Å². The summed E-state index contributed by atoms with van der Waals surface area (Å²) in [4.78, 5) is 25.8. The van der Waals surface area contributed by atoms with Crippen molar-refractivity contribution in [1.29, 1.82) is 0 Å². The molecule has 3 rings (SSSR count). The molecule has 2 aromatic rings. The Hall–Kier alpha value is -2.60. The smallest absolute Gasteiger partial charge is 0.315 e. The van der Waals surface area contributed by atoms with Crippen LogP contribution in [-0.2, 0) is 17.9 Å². The lowest BCUT2D eigenvalue weighted by Crippen LogP contribution is -2.38. The summed E-state index contributed by atoms with van der Waals surface area (Å²) in [6, 6.07) is 13.1. The van der Waals surface area contributed by atoms with Crippen LogP contribution in [0.3, 0.4) is 0 Å². The molecule has 5 nitrogen and oxygen atoms in total. The van der Waals surface area contributed by atoms with Crippen LogP contribution >= 0.6 is 11.6 Å². The van der Waals surface area contributed by atoms with E-state index in [1.54, 1.807) is 29.2 Å². The fraction of sp³-hybridized carbons (Fsp3) is 0.300. The minimum atomic E-state index is -0.293. The Kier molecular flexibility index (Phi) is 6.29.